The predicted octanol–water partition coefficient (Wildman–Crippen LogP) is 1.27. The van der Waals surface area contributed by atoms with E-state index in [1.165, 1.54) is 0 Å². The lowest BCUT2D eigenvalue weighted by Gasteiger charge is -2.21. The molecule has 0 amide bonds. The van der Waals surface area contributed by atoms with Crippen molar-refractivity contribution >= 4 is 0 Å². The summed E-state index contributed by atoms with van der Waals surface area (Å²) in [4.78, 5) is 0. The standard InChI is InChI=1S/C6H13NO.C2H6/c7-5-1-3-6(8)4-2-5;1-2/h5-6,8H,1-4,7H2;1-2H3. The summed E-state index contributed by atoms with van der Waals surface area (Å²) in [7, 11) is 0. The number of aliphatic hydroxyl groups excluding tert-OH is 1. The van der Waals surface area contributed by atoms with Crippen LogP contribution >= 0.6 is 0 Å². The molecule has 2 nitrogen and oxygen atoms in total. The molecule has 1 aliphatic carbocycles. The number of hydrogen-bond acceptors (Lipinski definition) is 2. The van der Waals surface area contributed by atoms with Gasteiger partial charge >= 0.3 is 0 Å². The van der Waals surface area contributed by atoms with Gasteiger partial charge in [-0.15, -0.1) is 0 Å². The van der Waals surface area contributed by atoms with Crippen LogP contribution in [-0.4, -0.2) is 17.3 Å². The summed E-state index contributed by atoms with van der Waals surface area (Å²) in [5.74, 6) is 0. The highest BCUT2D eigenvalue weighted by atomic mass is 16.3. The van der Waals surface area contributed by atoms with E-state index in [0.717, 1.165) is 25.7 Å². The van der Waals surface area contributed by atoms with E-state index < -0.39 is 0 Å². The molecule has 62 valence electrons. The average molecular weight is 145 g/mol. The molecule has 0 spiro atoms. The molecule has 0 unspecified atom stereocenters. The van der Waals surface area contributed by atoms with Crippen molar-refractivity contribution in [3.63, 3.8) is 0 Å². The smallest absolute Gasteiger partial charge is 0.0541 e. The number of hydrogen-bond donors (Lipinski definition) is 2. The molecule has 0 aliphatic heterocycles. The van der Waals surface area contributed by atoms with Gasteiger partial charge in [-0.1, -0.05) is 13.8 Å². The molecule has 1 aliphatic rings. The van der Waals surface area contributed by atoms with Gasteiger partial charge in [0.2, 0.25) is 0 Å². The third kappa shape index (κ3) is 3.85. The molecule has 10 heavy (non-hydrogen) atoms. The van der Waals surface area contributed by atoms with Gasteiger partial charge < -0.3 is 10.8 Å². The highest BCUT2D eigenvalue weighted by Gasteiger charge is 2.14. The largest absolute Gasteiger partial charge is 0.393 e. The van der Waals surface area contributed by atoms with Gasteiger partial charge in [0, 0.05) is 6.04 Å². The third-order valence-corrected chi connectivity index (χ3v) is 1.74. The van der Waals surface area contributed by atoms with Gasteiger partial charge in [0.05, 0.1) is 6.10 Å². The Morgan fingerprint density at radius 3 is 1.80 bits per heavy atom. The van der Waals surface area contributed by atoms with Crippen molar-refractivity contribution in [2.24, 2.45) is 5.73 Å². The monoisotopic (exact) mass is 145 g/mol. The zero-order valence-electron chi connectivity index (χ0n) is 7.01. The van der Waals surface area contributed by atoms with Gasteiger partial charge in [-0.3, -0.25) is 0 Å². The number of aliphatic hydroxyl groups is 1. The second kappa shape index (κ2) is 5.69. The molecule has 3 N–H and O–H groups in total. The van der Waals surface area contributed by atoms with Crippen molar-refractivity contribution < 1.29 is 5.11 Å². The molecule has 0 aromatic heterocycles. The molecule has 0 atom stereocenters. The van der Waals surface area contributed by atoms with Crippen LogP contribution in [0.25, 0.3) is 0 Å². The summed E-state index contributed by atoms with van der Waals surface area (Å²) in [6, 6.07) is 0.360. The van der Waals surface area contributed by atoms with E-state index in [-0.39, 0.29) is 6.10 Å². The third-order valence-electron chi connectivity index (χ3n) is 1.74. The summed E-state index contributed by atoms with van der Waals surface area (Å²) >= 11 is 0. The van der Waals surface area contributed by atoms with Gasteiger partial charge in [-0.25, -0.2) is 0 Å². The second-order valence-electron chi connectivity index (χ2n) is 2.57. The maximum Gasteiger partial charge on any atom is 0.0541 e. The van der Waals surface area contributed by atoms with Crippen LogP contribution in [0.4, 0.5) is 0 Å². The molecule has 1 fully saturated rings. The van der Waals surface area contributed by atoms with Gasteiger partial charge in [0.25, 0.3) is 0 Å². The fraction of sp³-hybridized carbons (Fsp3) is 1.00. The Morgan fingerprint density at radius 1 is 1.10 bits per heavy atom. The first kappa shape index (κ1) is 9.92. The van der Waals surface area contributed by atoms with Crippen molar-refractivity contribution in [1.29, 1.82) is 0 Å². The van der Waals surface area contributed by atoms with Crippen molar-refractivity contribution in [1.82, 2.24) is 0 Å². The molecule has 0 saturated heterocycles. The first-order chi connectivity index (χ1) is 4.79. The van der Waals surface area contributed by atoms with Crippen molar-refractivity contribution in [3.05, 3.63) is 0 Å². The number of rotatable bonds is 0. The van der Waals surface area contributed by atoms with Gasteiger partial charge in [0.1, 0.15) is 0 Å². The molecule has 1 saturated carbocycles. The topological polar surface area (TPSA) is 46.2 Å². The van der Waals surface area contributed by atoms with Crippen LogP contribution in [0.15, 0.2) is 0 Å². The molecule has 0 radical (unpaired) electrons. The lowest BCUT2D eigenvalue weighted by molar-refractivity contribution is 0.123. The van der Waals surface area contributed by atoms with Gasteiger partial charge in [0.15, 0.2) is 0 Å². The summed E-state index contributed by atoms with van der Waals surface area (Å²) in [5, 5.41) is 8.97. The Balaban J connectivity index is 0.000000371. The van der Waals surface area contributed by atoms with E-state index in [1.54, 1.807) is 0 Å². The Hall–Kier alpha value is -0.0800. The van der Waals surface area contributed by atoms with Crippen molar-refractivity contribution in [2.45, 2.75) is 51.7 Å². The molecule has 0 aromatic carbocycles. The minimum atomic E-state index is -0.0604. The Labute approximate surface area is 63.4 Å². The molecular formula is C8H19NO. The molecule has 0 aromatic rings. The number of nitrogens with two attached hydrogens (primary N) is 1. The predicted molar refractivity (Wildman–Crippen MR) is 43.8 cm³/mol. The summed E-state index contributed by atoms with van der Waals surface area (Å²) < 4.78 is 0. The van der Waals surface area contributed by atoms with E-state index >= 15 is 0 Å². The highest BCUT2D eigenvalue weighted by Crippen LogP contribution is 2.15. The maximum atomic E-state index is 8.97. The normalized spacial score (nSPS) is 32.4. The van der Waals surface area contributed by atoms with Crippen molar-refractivity contribution in [3.8, 4) is 0 Å². The van der Waals surface area contributed by atoms with E-state index in [0.29, 0.717) is 6.04 Å². The Bertz CT molecular complexity index is 57.7. The molecule has 0 heterocycles. The zero-order valence-corrected chi connectivity index (χ0v) is 7.01. The highest BCUT2D eigenvalue weighted by molar-refractivity contribution is 4.72. The van der Waals surface area contributed by atoms with Crippen LogP contribution in [0, 0.1) is 0 Å². The Kier molecular flexibility index (Phi) is 5.64. The van der Waals surface area contributed by atoms with E-state index in [9.17, 15) is 0 Å². The van der Waals surface area contributed by atoms with Crippen LogP contribution in [-0.2, 0) is 0 Å². The summed E-state index contributed by atoms with van der Waals surface area (Å²) in [6.45, 7) is 4.00. The molecular weight excluding hydrogens is 126 g/mol. The minimum absolute atomic E-state index is 0.0604. The molecule has 2 heteroatoms. The van der Waals surface area contributed by atoms with E-state index in [1.807, 2.05) is 13.8 Å². The lowest BCUT2D eigenvalue weighted by atomic mass is 9.94. The van der Waals surface area contributed by atoms with Crippen LogP contribution in [0.3, 0.4) is 0 Å². The van der Waals surface area contributed by atoms with Crippen LogP contribution in [0.5, 0.6) is 0 Å². The summed E-state index contributed by atoms with van der Waals surface area (Å²) in [5.41, 5.74) is 5.59. The maximum absolute atomic E-state index is 8.97. The quantitative estimate of drug-likeness (QED) is 0.539. The lowest BCUT2D eigenvalue weighted by Crippen LogP contribution is -2.28. The van der Waals surface area contributed by atoms with Crippen LogP contribution in [0.1, 0.15) is 39.5 Å². The average Bonchev–Trinajstić information content (AvgIpc) is 2.00. The van der Waals surface area contributed by atoms with Gasteiger partial charge in [-0.2, -0.15) is 0 Å². The zero-order chi connectivity index (χ0) is 7.98. The fourth-order valence-electron chi connectivity index (χ4n) is 1.10. The minimum Gasteiger partial charge on any atom is -0.393 e. The summed E-state index contributed by atoms with van der Waals surface area (Å²) in [6.07, 6.45) is 3.75. The Morgan fingerprint density at radius 2 is 1.50 bits per heavy atom. The van der Waals surface area contributed by atoms with E-state index in [4.69, 9.17) is 10.8 Å². The van der Waals surface area contributed by atoms with E-state index in [2.05, 4.69) is 0 Å². The second-order valence-corrected chi connectivity index (χ2v) is 2.57. The molecule has 0 bridgehead atoms. The first-order valence-corrected chi connectivity index (χ1v) is 4.22. The van der Waals surface area contributed by atoms with Crippen LogP contribution < -0.4 is 5.73 Å². The van der Waals surface area contributed by atoms with Crippen LogP contribution in [0.2, 0.25) is 0 Å². The SMILES string of the molecule is CC.NC1CCC(O)CC1. The van der Waals surface area contributed by atoms with Gasteiger partial charge in [-0.05, 0) is 25.7 Å². The molecule has 1 rings (SSSR count). The first-order valence-electron chi connectivity index (χ1n) is 4.22. The fourth-order valence-corrected chi connectivity index (χ4v) is 1.10. The van der Waals surface area contributed by atoms with Crippen molar-refractivity contribution in [2.75, 3.05) is 0 Å².